The molecular weight excluding hydrogens is 288 g/mol. The van der Waals surface area contributed by atoms with Crippen molar-refractivity contribution in [2.24, 2.45) is 0 Å². The Hall–Kier alpha value is -0.950. The quantitative estimate of drug-likeness (QED) is 0.643. The average molecular weight is 314 g/mol. The lowest BCUT2D eigenvalue weighted by Gasteiger charge is -2.14. The molecule has 0 amide bonds. The standard InChI is InChI=1S/C15H26N2O3S/c1-4-16-11-10-14-6-8-15(9-7-14)21(18,19)17-13(3)12-20-5-2/h6-9,13,16-17H,4-5,10-12H2,1-3H3. The molecule has 0 aliphatic heterocycles. The van der Waals surface area contributed by atoms with E-state index in [0.29, 0.717) is 13.2 Å². The van der Waals surface area contributed by atoms with Gasteiger partial charge in [-0.25, -0.2) is 13.1 Å². The lowest BCUT2D eigenvalue weighted by molar-refractivity contribution is 0.133. The summed E-state index contributed by atoms with van der Waals surface area (Å²) in [4.78, 5) is 0.290. The highest BCUT2D eigenvalue weighted by Gasteiger charge is 2.17. The molecule has 21 heavy (non-hydrogen) atoms. The van der Waals surface area contributed by atoms with E-state index < -0.39 is 10.0 Å². The Morgan fingerprint density at radius 2 is 1.86 bits per heavy atom. The number of nitrogens with one attached hydrogen (secondary N) is 2. The van der Waals surface area contributed by atoms with Crippen LogP contribution in [0.1, 0.15) is 26.3 Å². The fourth-order valence-corrected chi connectivity index (χ4v) is 3.13. The van der Waals surface area contributed by atoms with Crippen molar-refractivity contribution in [3.05, 3.63) is 29.8 Å². The van der Waals surface area contributed by atoms with E-state index in [0.717, 1.165) is 25.1 Å². The number of sulfonamides is 1. The predicted molar refractivity (Wildman–Crippen MR) is 85.0 cm³/mol. The van der Waals surface area contributed by atoms with Gasteiger partial charge in [0.25, 0.3) is 0 Å². The minimum absolute atomic E-state index is 0.247. The Balaban J connectivity index is 2.62. The lowest BCUT2D eigenvalue weighted by atomic mass is 10.1. The van der Waals surface area contributed by atoms with Crippen LogP contribution in [0.5, 0.6) is 0 Å². The van der Waals surface area contributed by atoms with Crippen LogP contribution in [0.4, 0.5) is 0 Å². The maximum atomic E-state index is 12.2. The Labute approximate surface area is 128 Å². The summed E-state index contributed by atoms with van der Waals surface area (Å²) in [6.07, 6.45) is 0.891. The molecule has 0 saturated heterocycles. The molecule has 1 aromatic carbocycles. The van der Waals surface area contributed by atoms with Gasteiger partial charge in [-0.3, -0.25) is 0 Å². The van der Waals surface area contributed by atoms with Crippen LogP contribution in [0.15, 0.2) is 29.2 Å². The summed E-state index contributed by atoms with van der Waals surface area (Å²) in [6, 6.07) is 6.77. The zero-order chi connectivity index (χ0) is 15.7. The van der Waals surface area contributed by atoms with Crippen LogP contribution in [0.25, 0.3) is 0 Å². The first-order chi connectivity index (χ1) is 9.99. The minimum Gasteiger partial charge on any atom is -0.380 e. The summed E-state index contributed by atoms with van der Waals surface area (Å²) < 4.78 is 32.2. The normalized spacial score (nSPS) is 13.3. The van der Waals surface area contributed by atoms with Gasteiger partial charge in [-0.1, -0.05) is 19.1 Å². The molecule has 0 aliphatic rings. The molecular formula is C15H26N2O3S. The molecule has 120 valence electrons. The summed E-state index contributed by atoms with van der Waals surface area (Å²) in [5.74, 6) is 0. The van der Waals surface area contributed by atoms with Gasteiger partial charge in [0, 0.05) is 12.6 Å². The van der Waals surface area contributed by atoms with E-state index in [1.807, 2.05) is 19.1 Å². The highest BCUT2D eigenvalue weighted by Crippen LogP contribution is 2.11. The summed E-state index contributed by atoms with van der Waals surface area (Å²) >= 11 is 0. The van der Waals surface area contributed by atoms with Crippen molar-refractivity contribution in [2.45, 2.75) is 38.1 Å². The Kier molecular flexibility index (Phi) is 7.88. The molecule has 1 rings (SSSR count). The Morgan fingerprint density at radius 3 is 2.43 bits per heavy atom. The Bertz CT molecular complexity index is 500. The number of benzene rings is 1. The molecule has 1 aromatic rings. The third-order valence-electron chi connectivity index (χ3n) is 3.00. The van der Waals surface area contributed by atoms with Crippen LogP contribution < -0.4 is 10.0 Å². The van der Waals surface area contributed by atoms with Gasteiger partial charge in [-0.2, -0.15) is 0 Å². The van der Waals surface area contributed by atoms with Gasteiger partial charge in [0.2, 0.25) is 10.0 Å². The van der Waals surface area contributed by atoms with Crippen molar-refractivity contribution in [2.75, 3.05) is 26.3 Å². The molecule has 0 saturated carbocycles. The van der Waals surface area contributed by atoms with Crippen LogP contribution in [0.2, 0.25) is 0 Å². The third-order valence-corrected chi connectivity index (χ3v) is 4.61. The van der Waals surface area contributed by atoms with Crippen molar-refractivity contribution in [3.63, 3.8) is 0 Å². The second-order valence-corrected chi connectivity index (χ2v) is 6.64. The monoisotopic (exact) mass is 314 g/mol. The second-order valence-electron chi connectivity index (χ2n) is 4.93. The van der Waals surface area contributed by atoms with Crippen molar-refractivity contribution < 1.29 is 13.2 Å². The minimum atomic E-state index is -3.48. The second kappa shape index (κ2) is 9.15. The molecule has 0 aliphatic carbocycles. The topological polar surface area (TPSA) is 67.4 Å². The first kappa shape index (κ1) is 18.1. The maximum Gasteiger partial charge on any atom is 0.240 e. The van der Waals surface area contributed by atoms with Crippen molar-refractivity contribution in [1.82, 2.24) is 10.0 Å². The van der Waals surface area contributed by atoms with Crippen LogP contribution in [-0.2, 0) is 21.2 Å². The predicted octanol–water partition coefficient (Wildman–Crippen LogP) is 1.54. The van der Waals surface area contributed by atoms with Gasteiger partial charge in [0.1, 0.15) is 0 Å². The van der Waals surface area contributed by atoms with Crippen LogP contribution >= 0.6 is 0 Å². The van der Waals surface area contributed by atoms with E-state index in [1.54, 1.807) is 19.1 Å². The number of ether oxygens (including phenoxy) is 1. The molecule has 0 fully saturated rings. The SMILES string of the molecule is CCNCCc1ccc(S(=O)(=O)NC(C)COCC)cc1. The summed E-state index contributed by atoms with van der Waals surface area (Å²) in [7, 11) is -3.48. The Morgan fingerprint density at radius 1 is 1.19 bits per heavy atom. The summed E-state index contributed by atoms with van der Waals surface area (Å²) in [6.45, 7) is 8.51. The fourth-order valence-electron chi connectivity index (χ4n) is 1.91. The molecule has 0 radical (unpaired) electrons. The van der Waals surface area contributed by atoms with E-state index in [1.165, 1.54) is 0 Å². The highest BCUT2D eigenvalue weighted by atomic mass is 32.2. The van der Waals surface area contributed by atoms with E-state index in [9.17, 15) is 8.42 Å². The highest BCUT2D eigenvalue weighted by molar-refractivity contribution is 7.89. The van der Waals surface area contributed by atoms with Crippen LogP contribution in [0.3, 0.4) is 0 Å². The number of hydrogen-bond acceptors (Lipinski definition) is 4. The zero-order valence-electron chi connectivity index (χ0n) is 13.1. The van der Waals surface area contributed by atoms with Gasteiger partial charge >= 0.3 is 0 Å². The average Bonchev–Trinajstić information content (AvgIpc) is 2.45. The van der Waals surface area contributed by atoms with Crippen molar-refractivity contribution in [3.8, 4) is 0 Å². The van der Waals surface area contributed by atoms with Crippen LogP contribution in [0, 0.1) is 0 Å². The molecule has 1 atom stereocenters. The van der Waals surface area contributed by atoms with Gasteiger partial charge in [0.15, 0.2) is 0 Å². The summed E-state index contributed by atoms with van der Waals surface area (Å²) in [5.41, 5.74) is 1.12. The zero-order valence-corrected chi connectivity index (χ0v) is 13.9. The van der Waals surface area contributed by atoms with Crippen molar-refractivity contribution in [1.29, 1.82) is 0 Å². The molecule has 0 aromatic heterocycles. The molecule has 0 spiro atoms. The summed E-state index contributed by atoms with van der Waals surface area (Å²) in [5, 5.41) is 3.24. The largest absolute Gasteiger partial charge is 0.380 e. The molecule has 1 unspecified atom stereocenters. The fraction of sp³-hybridized carbons (Fsp3) is 0.600. The van der Waals surface area contributed by atoms with E-state index >= 15 is 0 Å². The van der Waals surface area contributed by atoms with E-state index in [4.69, 9.17) is 4.74 Å². The molecule has 6 heteroatoms. The van der Waals surface area contributed by atoms with Crippen LogP contribution in [-0.4, -0.2) is 40.8 Å². The third kappa shape index (κ3) is 6.56. The lowest BCUT2D eigenvalue weighted by Crippen LogP contribution is -2.35. The van der Waals surface area contributed by atoms with Gasteiger partial charge in [-0.05, 0) is 51.1 Å². The molecule has 0 bridgehead atoms. The smallest absolute Gasteiger partial charge is 0.240 e. The maximum absolute atomic E-state index is 12.2. The molecule has 5 nitrogen and oxygen atoms in total. The molecule has 2 N–H and O–H groups in total. The number of hydrogen-bond donors (Lipinski definition) is 2. The van der Waals surface area contributed by atoms with Gasteiger partial charge in [0.05, 0.1) is 11.5 Å². The number of rotatable bonds is 10. The number of likely N-dealkylation sites (N-methyl/N-ethyl adjacent to an activating group) is 1. The van der Waals surface area contributed by atoms with E-state index in [2.05, 4.69) is 17.0 Å². The first-order valence-corrected chi connectivity index (χ1v) is 8.87. The van der Waals surface area contributed by atoms with E-state index in [-0.39, 0.29) is 10.9 Å². The first-order valence-electron chi connectivity index (χ1n) is 7.39. The van der Waals surface area contributed by atoms with Gasteiger partial charge in [-0.15, -0.1) is 0 Å². The van der Waals surface area contributed by atoms with Gasteiger partial charge < -0.3 is 10.1 Å². The van der Waals surface area contributed by atoms with Crippen molar-refractivity contribution >= 4 is 10.0 Å². The molecule has 0 heterocycles.